The van der Waals surface area contributed by atoms with Crippen LogP contribution >= 0.6 is 0 Å². The topological polar surface area (TPSA) is 140 Å². The quantitative estimate of drug-likeness (QED) is 0.141. The molecule has 5 aliphatic carbocycles. The average Bonchev–Trinajstić information content (AvgIpc) is 3.58. The Bertz CT molecular complexity index is 1770. The van der Waals surface area contributed by atoms with Crippen LogP contribution in [-0.2, 0) is 28.6 Å². The van der Waals surface area contributed by atoms with Gasteiger partial charge in [0.1, 0.15) is 25.5 Å². The van der Waals surface area contributed by atoms with Crippen molar-refractivity contribution in [1.82, 2.24) is 10.6 Å². The first-order chi connectivity index (χ1) is 25.4. The summed E-state index contributed by atoms with van der Waals surface area (Å²) in [4.78, 5) is 50.4. The fourth-order valence-electron chi connectivity index (χ4n) is 10.7. The first-order valence-electron chi connectivity index (χ1n) is 19.2. The molecule has 0 radical (unpaired) electrons. The lowest BCUT2D eigenvalue weighted by Gasteiger charge is -2.58. The van der Waals surface area contributed by atoms with Gasteiger partial charge in [-0.1, -0.05) is 81.0 Å². The van der Waals surface area contributed by atoms with Crippen molar-refractivity contribution in [2.75, 3.05) is 19.9 Å². The summed E-state index contributed by atoms with van der Waals surface area (Å²) in [5, 5.41) is 16.9. The number of benzene rings is 2. The molecule has 2 aromatic rings. The van der Waals surface area contributed by atoms with Crippen LogP contribution in [0.3, 0.4) is 0 Å². The van der Waals surface area contributed by atoms with Crippen LogP contribution in [0, 0.1) is 34.5 Å². The number of fused-ring (bicyclic) bond motifs is 8. The Hall–Kier alpha value is -4.28. The number of rotatable bonds is 11. The minimum atomic E-state index is -0.838. The highest BCUT2D eigenvalue weighted by Gasteiger charge is 2.64. The molecule has 0 spiro atoms. The molecule has 9 atom stereocenters. The van der Waals surface area contributed by atoms with Crippen molar-refractivity contribution in [3.63, 3.8) is 0 Å². The maximum Gasteiger partial charge on any atom is 0.407 e. The molecule has 2 aromatic carbocycles. The van der Waals surface area contributed by atoms with E-state index in [0.717, 1.165) is 47.1 Å². The van der Waals surface area contributed by atoms with Crippen LogP contribution in [0.4, 0.5) is 4.79 Å². The molecule has 53 heavy (non-hydrogen) atoms. The van der Waals surface area contributed by atoms with Gasteiger partial charge in [-0.25, -0.2) is 4.79 Å². The standard InChI is InChI=1S/C43H52N2O8/c1-25-20-35-33-16-15-27-21-28(46)17-18-42(27,3)38(33)36(47)22-43(35,4)39(25)53-37(48)14-9-19-51-24-44-40(49)26(2)45-41(50)52-23-34-31-12-7-5-10-29(31)30-11-6-8-13-32(30)34/h5-8,10-13,17-18,21,25-26,33-36,38-39,47H,9,14-16,19-20,22-24H2,1-4H3,(H,44,49)(H,45,50)/t25?,26-,33?,35?,36?,38?,39?,42?,43?/m0/s1. The number of allylic oxidation sites excluding steroid dienone is 4. The Kier molecular flexibility index (Phi) is 10.4. The van der Waals surface area contributed by atoms with E-state index in [4.69, 9.17) is 14.2 Å². The highest BCUT2D eigenvalue weighted by molar-refractivity contribution is 6.01. The van der Waals surface area contributed by atoms with Crippen molar-refractivity contribution in [3.05, 3.63) is 83.5 Å². The maximum absolute atomic E-state index is 13.1. The molecule has 0 heterocycles. The summed E-state index contributed by atoms with van der Waals surface area (Å²) in [6, 6.07) is 15.3. The summed E-state index contributed by atoms with van der Waals surface area (Å²) in [5.74, 6) is 0.0606. The number of carbonyl (C=O) groups is 4. The molecular weight excluding hydrogens is 672 g/mol. The van der Waals surface area contributed by atoms with Crippen LogP contribution < -0.4 is 10.6 Å². The van der Waals surface area contributed by atoms with Crippen molar-refractivity contribution in [1.29, 1.82) is 0 Å². The molecule has 3 N–H and O–H groups in total. The molecule has 0 aromatic heterocycles. The highest BCUT2D eigenvalue weighted by Crippen LogP contribution is 2.66. The van der Waals surface area contributed by atoms with Crippen LogP contribution in [0.25, 0.3) is 11.1 Å². The predicted molar refractivity (Wildman–Crippen MR) is 198 cm³/mol. The number of aliphatic hydroxyl groups excluding tert-OH is 1. The Morgan fingerprint density at radius 3 is 2.45 bits per heavy atom. The first kappa shape index (κ1) is 37.1. The molecule has 2 amide bonds. The zero-order chi connectivity index (χ0) is 37.5. The van der Waals surface area contributed by atoms with Crippen LogP contribution in [-0.4, -0.2) is 67.1 Å². The molecule has 5 aliphatic rings. The van der Waals surface area contributed by atoms with Gasteiger partial charge in [-0.2, -0.15) is 0 Å². The third-order valence-electron chi connectivity index (χ3n) is 13.1. The molecule has 8 unspecified atom stereocenters. The average molecular weight is 725 g/mol. The van der Waals surface area contributed by atoms with E-state index in [1.807, 2.05) is 42.5 Å². The Balaban J connectivity index is 0.815. The number of aliphatic hydroxyl groups is 1. The molecule has 0 aliphatic heterocycles. The van der Waals surface area contributed by atoms with Crippen molar-refractivity contribution >= 4 is 23.8 Å². The van der Waals surface area contributed by atoms with E-state index in [0.29, 0.717) is 18.8 Å². The monoisotopic (exact) mass is 724 g/mol. The molecule has 0 saturated heterocycles. The largest absolute Gasteiger partial charge is 0.461 e. The number of alkyl carbamates (subject to hydrolysis) is 1. The summed E-state index contributed by atoms with van der Waals surface area (Å²) in [6.45, 7) is 8.40. The second kappa shape index (κ2) is 14.9. The Morgan fingerprint density at radius 1 is 1.04 bits per heavy atom. The number of carbonyl (C=O) groups excluding carboxylic acids is 4. The van der Waals surface area contributed by atoms with E-state index in [1.165, 1.54) is 0 Å². The van der Waals surface area contributed by atoms with Crippen molar-refractivity contribution in [2.24, 2.45) is 34.5 Å². The lowest BCUT2D eigenvalue weighted by molar-refractivity contribution is -0.170. The number of amides is 2. The normalized spacial score (nSPS) is 31.6. The van der Waals surface area contributed by atoms with E-state index >= 15 is 0 Å². The third-order valence-corrected chi connectivity index (χ3v) is 13.1. The van der Waals surface area contributed by atoms with Crippen molar-refractivity contribution < 1.29 is 38.5 Å². The Morgan fingerprint density at radius 2 is 1.74 bits per heavy atom. The van der Waals surface area contributed by atoms with E-state index in [2.05, 4.69) is 43.5 Å². The fraction of sp³-hybridized carbons (Fsp3) is 0.535. The summed E-state index contributed by atoms with van der Waals surface area (Å²) in [7, 11) is 0. The molecule has 3 fully saturated rings. The lowest BCUT2D eigenvalue weighted by atomic mass is 9.47. The van der Waals surface area contributed by atoms with Gasteiger partial charge in [-0.3, -0.25) is 14.4 Å². The first-order valence-corrected chi connectivity index (χ1v) is 19.2. The molecular formula is C43H52N2O8. The van der Waals surface area contributed by atoms with Crippen LogP contribution in [0.1, 0.15) is 83.3 Å². The molecule has 282 valence electrons. The van der Waals surface area contributed by atoms with Gasteiger partial charge in [0.2, 0.25) is 5.91 Å². The second-order valence-electron chi connectivity index (χ2n) is 16.3. The van der Waals surface area contributed by atoms with Crippen LogP contribution in [0.15, 0.2) is 72.3 Å². The van der Waals surface area contributed by atoms with Gasteiger partial charge in [0.05, 0.1) is 6.10 Å². The number of hydrogen-bond donors (Lipinski definition) is 3. The van der Waals surface area contributed by atoms with Crippen LogP contribution in [0.5, 0.6) is 0 Å². The van der Waals surface area contributed by atoms with E-state index in [1.54, 1.807) is 19.1 Å². The summed E-state index contributed by atoms with van der Waals surface area (Å²) >= 11 is 0. The maximum atomic E-state index is 13.1. The van der Waals surface area contributed by atoms with E-state index in [9.17, 15) is 24.3 Å². The van der Waals surface area contributed by atoms with Gasteiger partial charge >= 0.3 is 12.1 Å². The summed E-state index contributed by atoms with van der Waals surface area (Å²) in [6.07, 6.45) is 7.80. The van der Waals surface area contributed by atoms with E-state index < -0.39 is 24.1 Å². The molecule has 10 heteroatoms. The zero-order valence-electron chi connectivity index (χ0n) is 31.1. The molecule has 3 saturated carbocycles. The smallest absolute Gasteiger partial charge is 0.407 e. The van der Waals surface area contributed by atoms with Crippen LogP contribution in [0.2, 0.25) is 0 Å². The lowest BCUT2D eigenvalue weighted by Crippen LogP contribution is -2.57. The number of ketones is 1. The second-order valence-corrected chi connectivity index (χ2v) is 16.3. The van der Waals surface area contributed by atoms with Gasteiger partial charge < -0.3 is 30.0 Å². The van der Waals surface area contributed by atoms with Crippen molar-refractivity contribution in [3.8, 4) is 11.1 Å². The van der Waals surface area contributed by atoms with Gasteiger partial charge in [0.25, 0.3) is 0 Å². The molecule has 7 rings (SSSR count). The van der Waals surface area contributed by atoms with Gasteiger partial charge in [0, 0.05) is 35.7 Å². The highest BCUT2D eigenvalue weighted by atomic mass is 16.6. The third kappa shape index (κ3) is 6.96. The SMILES string of the molecule is CC1CC2C3CCC4=CC(=O)C=CC4(C)C3C(O)CC2(C)C1OC(=O)CCCOCNC(=O)[C@H](C)NC(=O)OCC1c2ccccc2-c2ccccc21. The Labute approximate surface area is 311 Å². The summed E-state index contributed by atoms with van der Waals surface area (Å²) < 4.78 is 17.3. The number of hydrogen-bond acceptors (Lipinski definition) is 8. The number of ether oxygens (including phenoxy) is 3. The zero-order valence-corrected chi connectivity index (χ0v) is 31.1. The minimum absolute atomic E-state index is 0.0258. The number of esters is 1. The van der Waals surface area contributed by atoms with Crippen molar-refractivity contribution in [2.45, 2.75) is 90.4 Å². The number of nitrogens with one attached hydrogen (secondary N) is 2. The molecule has 10 nitrogen and oxygen atoms in total. The minimum Gasteiger partial charge on any atom is -0.461 e. The van der Waals surface area contributed by atoms with Gasteiger partial charge in [0.15, 0.2) is 5.78 Å². The van der Waals surface area contributed by atoms with Gasteiger partial charge in [-0.05, 0) is 91.2 Å². The fourth-order valence-corrected chi connectivity index (χ4v) is 10.7. The van der Waals surface area contributed by atoms with E-state index in [-0.39, 0.29) is 78.7 Å². The van der Waals surface area contributed by atoms with Gasteiger partial charge in [-0.15, -0.1) is 0 Å². The molecule has 0 bridgehead atoms. The predicted octanol–water partition coefficient (Wildman–Crippen LogP) is 6.22. The summed E-state index contributed by atoms with van der Waals surface area (Å²) in [5.41, 5.74) is 4.97.